The molecule has 0 unspecified atom stereocenters. The summed E-state index contributed by atoms with van der Waals surface area (Å²) in [4.78, 5) is 8.10. The third-order valence-corrected chi connectivity index (χ3v) is 4.32. The van der Waals surface area contributed by atoms with E-state index in [1.54, 1.807) is 19.3 Å². The number of rotatable bonds is 8. The first-order valence-corrected chi connectivity index (χ1v) is 9.56. The van der Waals surface area contributed by atoms with Gasteiger partial charge in [-0.2, -0.15) is 18.3 Å². The Morgan fingerprint density at radius 3 is 2.48 bits per heavy atom. The molecule has 2 N–H and O–H groups in total. The number of pyridine rings is 1. The van der Waals surface area contributed by atoms with E-state index in [-0.39, 0.29) is 5.88 Å². The van der Waals surface area contributed by atoms with Gasteiger partial charge >= 0.3 is 6.18 Å². The van der Waals surface area contributed by atoms with Crippen LogP contribution in [0.25, 0.3) is 0 Å². The van der Waals surface area contributed by atoms with E-state index >= 15 is 0 Å². The fourth-order valence-corrected chi connectivity index (χ4v) is 2.79. The van der Waals surface area contributed by atoms with Crippen LogP contribution in [0.2, 0.25) is 0 Å². The molecule has 0 bridgehead atoms. The molecule has 164 valence electrons. The summed E-state index contributed by atoms with van der Waals surface area (Å²) in [6.07, 6.45) is 0.733. The van der Waals surface area contributed by atoms with Crippen LogP contribution in [0.1, 0.15) is 16.7 Å². The molecule has 0 radical (unpaired) electrons. The third-order valence-electron chi connectivity index (χ3n) is 4.32. The van der Waals surface area contributed by atoms with Crippen molar-refractivity contribution in [3.05, 3.63) is 77.7 Å². The lowest BCUT2D eigenvalue weighted by atomic mass is 10.1. The molecule has 3 rings (SSSR count). The van der Waals surface area contributed by atoms with E-state index in [4.69, 9.17) is 0 Å². The van der Waals surface area contributed by atoms with Gasteiger partial charge in [0, 0.05) is 44.8 Å². The number of guanidine groups is 1. The largest absolute Gasteiger partial charge is 0.468 e. The minimum atomic E-state index is -4.39. The van der Waals surface area contributed by atoms with Crippen LogP contribution in [0.4, 0.5) is 13.2 Å². The second-order valence-corrected chi connectivity index (χ2v) is 6.66. The Bertz CT molecular complexity index is 972. The van der Waals surface area contributed by atoms with Crippen LogP contribution in [0.5, 0.6) is 5.88 Å². The molecule has 7 nitrogen and oxygen atoms in total. The van der Waals surface area contributed by atoms with E-state index in [0.29, 0.717) is 25.6 Å². The van der Waals surface area contributed by atoms with E-state index in [0.717, 1.165) is 16.7 Å². The van der Waals surface area contributed by atoms with Gasteiger partial charge in [0.1, 0.15) is 0 Å². The van der Waals surface area contributed by atoms with E-state index in [9.17, 15) is 13.2 Å². The number of ether oxygens (including phenoxy) is 1. The molecule has 0 saturated carbocycles. The minimum Gasteiger partial charge on any atom is -0.468 e. The highest BCUT2D eigenvalue weighted by Gasteiger charge is 2.28. The number of nitrogens with one attached hydrogen (secondary N) is 2. The van der Waals surface area contributed by atoms with Gasteiger partial charge < -0.3 is 15.4 Å². The maximum absolute atomic E-state index is 12.2. The van der Waals surface area contributed by atoms with Crippen molar-refractivity contribution in [3.8, 4) is 5.88 Å². The first-order valence-electron chi connectivity index (χ1n) is 9.56. The fourth-order valence-electron chi connectivity index (χ4n) is 2.79. The minimum absolute atomic E-state index is 0.0719. The zero-order chi connectivity index (χ0) is 22.1. The van der Waals surface area contributed by atoms with Crippen molar-refractivity contribution >= 4 is 5.96 Å². The molecule has 0 aliphatic rings. The smallest absolute Gasteiger partial charge is 0.422 e. The summed E-state index contributed by atoms with van der Waals surface area (Å²) in [5, 5.41) is 10.7. The van der Waals surface area contributed by atoms with Crippen molar-refractivity contribution in [1.82, 2.24) is 25.4 Å². The molecular formula is C21H23F3N6O. The number of hydrogen-bond acceptors (Lipinski definition) is 4. The molecule has 3 aromatic rings. The van der Waals surface area contributed by atoms with Gasteiger partial charge in [-0.15, -0.1) is 0 Å². The van der Waals surface area contributed by atoms with Crippen molar-refractivity contribution < 1.29 is 17.9 Å². The Balaban J connectivity index is 1.50. The molecule has 1 aromatic carbocycles. The lowest BCUT2D eigenvalue weighted by Crippen LogP contribution is -2.36. The van der Waals surface area contributed by atoms with Crippen molar-refractivity contribution in [2.45, 2.75) is 25.8 Å². The van der Waals surface area contributed by atoms with Crippen LogP contribution in [0.15, 0.2) is 66.0 Å². The van der Waals surface area contributed by atoms with Crippen LogP contribution in [-0.2, 0) is 19.6 Å². The first kappa shape index (κ1) is 22.1. The molecular weight excluding hydrogens is 409 g/mol. The number of alkyl halides is 3. The van der Waals surface area contributed by atoms with Crippen molar-refractivity contribution in [2.24, 2.45) is 4.99 Å². The second-order valence-electron chi connectivity index (χ2n) is 6.66. The average molecular weight is 432 g/mol. The van der Waals surface area contributed by atoms with Gasteiger partial charge in [0.05, 0.1) is 6.54 Å². The topological polar surface area (TPSA) is 76.4 Å². The monoisotopic (exact) mass is 432 g/mol. The van der Waals surface area contributed by atoms with Crippen LogP contribution >= 0.6 is 0 Å². The lowest BCUT2D eigenvalue weighted by Gasteiger charge is -2.14. The van der Waals surface area contributed by atoms with Gasteiger partial charge in [0.2, 0.25) is 5.88 Å². The summed E-state index contributed by atoms with van der Waals surface area (Å²) >= 11 is 0. The Morgan fingerprint density at radius 2 is 1.84 bits per heavy atom. The summed E-state index contributed by atoms with van der Waals surface area (Å²) in [6.45, 7) is 0.280. The number of nitrogens with zero attached hydrogens (tertiary/aromatic N) is 4. The molecule has 0 atom stereocenters. The normalized spacial score (nSPS) is 11.9. The summed E-state index contributed by atoms with van der Waals surface area (Å²) < 4.78 is 43.1. The summed E-state index contributed by atoms with van der Waals surface area (Å²) in [5.41, 5.74) is 3.04. The highest BCUT2D eigenvalue weighted by molar-refractivity contribution is 5.79. The van der Waals surface area contributed by atoms with Crippen molar-refractivity contribution in [1.29, 1.82) is 0 Å². The zero-order valence-electron chi connectivity index (χ0n) is 16.9. The Labute approximate surface area is 178 Å². The fraction of sp³-hybridized carbons (Fsp3) is 0.286. The molecule has 31 heavy (non-hydrogen) atoms. The number of benzene rings is 1. The molecule has 0 fully saturated rings. The molecule has 0 amide bonds. The number of halogens is 3. The van der Waals surface area contributed by atoms with Gasteiger partial charge in [0.15, 0.2) is 12.6 Å². The van der Waals surface area contributed by atoms with Gasteiger partial charge in [0.25, 0.3) is 0 Å². The van der Waals surface area contributed by atoms with Crippen molar-refractivity contribution in [3.63, 3.8) is 0 Å². The number of hydrogen-bond donors (Lipinski definition) is 2. The average Bonchev–Trinajstić information content (AvgIpc) is 3.27. The van der Waals surface area contributed by atoms with E-state index in [1.165, 1.54) is 12.3 Å². The summed E-state index contributed by atoms with van der Waals surface area (Å²) in [7, 11) is 1.66. The standard InChI is InChI=1S/C21H23F3N6O/c1-25-20(27-12-16-7-8-19(26-11-16)31-15-21(22,23)24)28-13-17-5-2-3-6-18(17)14-30-10-4-9-29-30/h2-11H,12-15H2,1H3,(H2,25,27,28). The Morgan fingerprint density at radius 1 is 1.06 bits per heavy atom. The molecule has 0 spiro atoms. The molecule has 10 heteroatoms. The highest BCUT2D eigenvalue weighted by atomic mass is 19.4. The van der Waals surface area contributed by atoms with Crippen LogP contribution in [0, 0.1) is 0 Å². The van der Waals surface area contributed by atoms with Crippen LogP contribution < -0.4 is 15.4 Å². The Kier molecular flexibility index (Phi) is 7.47. The number of aromatic nitrogens is 3. The molecule has 0 saturated heterocycles. The maximum Gasteiger partial charge on any atom is 0.422 e. The molecule has 0 aliphatic heterocycles. The summed E-state index contributed by atoms with van der Waals surface area (Å²) in [5.74, 6) is 0.517. The van der Waals surface area contributed by atoms with Gasteiger partial charge in [-0.25, -0.2) is 4.98 Å². The van der Waals surface area contributed by atoms with Gasteiger partial charge in [-0.1, -0.05) is 30.3 Å². The van der Waals surface area contributed by atoms with Crippen molar-refractivity contribution in [2.75, 3.05) is 13.7 Å². The molecule has 2 heterocycles. The molecule has 0 aliphatic carbocycles. The SMILES string of the molecule is CN=C(NCc1ccc(OCC(F)(F)F)nc1)NCc1ccccc1Cn1cccn1. The van der Waals surface area contributed by atoms with E-state index in [1.807, 2.05) is 35.1 Å². The van der Waals surface area contributed by atoms with Crippen LogP contribution in [0.3, 0.4) is 0 Å². The Hall–Kier alpha value is -3.56. The van der Waals surface area contributed by atoms with E-state index < -0.39 is 12.8 Å². The quantitative estimate of drug-likeness (QED) is 0.423. The maximum atomic E-state index is 12.2. The predicted octanol–water partition coefficient (Wildman–Crippen LogP) is 3.13. The number of aliphatic imine (C=N–C) groups is 1. The molecule has 2 aromatic heterocycles. The third kappa shape index (κ3) is 7.32. The van der Waals surface area contributed by atoms with Gasteiger partial charge in [-0.3, -0.25) is 9.67 Å². The second kappa shape index (κ2) is 10.5. The first-order chi connectivity index (χ1) is 14.9. The highest BCUT2D eigenvalue weighted by Crippen LogP contribution is 2.17. The lowest BCUT2D eigenvalue weighted by molar-refractivity contribution is -0.154. The van der Waals surface area contributed by atoms with Crippen LogP contribution in [-0.4, -0.2) is 40.6 Å². The predicted molar refractivity (Wildman–Crippen MR) is 111 cm³/mol. The van der Waals surface area contributed by atoms with Gasteiger partial charge in [-0.05, 0) is 22.8 Å². The zero-order valence-corrected chi connectivity index (χ0v) is 16.9. The van der Waals surface area contributed by atoms with E-state index in [2.05, 4.69) is 36.5 Å². The summed E-state index contributed by atoms with van der Waals surface area (Å²) in [6, 6.07) is 13.0.